The van der Waals surface area contributed by atoms with Crippen LogP contribution in [-0.4, -0.2) is 127 Å². The van der Waals surface area contributed by atoms with Crippen LogP contribution < -0.4 is 0 Å². The Hall–Kier alpha value is -4.00. The van der Waals surface area contributed by atoms with Crippen LogP contribution in [0.15, 0.2) is 42.5 Å². The molecule has 0 bridgehead atoms. The molecule has 4 rings (SSSR count). The molecule has 0 aliphatic carbocycles. The number of aromatic hydroxyl groups is 4. The van der Waals surface area contributed by atoms with E-state index in [1.54, 1.807) is 0 Å². The molecule has 2 aromatic carbocycles. The number of phenolic OH excluding ortho intramolecular Hbond substituents is 4. The number of hydrogen-bond donors (Lipinski definition) is 8. The lowest BCUT2D eigenvalue weighted by Gasteiger charge is -2.47. The van der Waals surface area contributed by atoms with Crippen molar-refractivity contribution in [3.8, 4) is 23.0 Å². The summed E-state index contributed by atoms with van der Waals surface area (Å²) in [6.45, 7) is 1.62. The Labute approximate surface area is 268 Å². The molecule has 2 heterocycles. The number of carbonyl (C=O) groups excluding carboxylic acids is 2. The first-order valence-corrected chi connectivity index (χ1v) is 14.6. The van der Waals surface area contributed by atoms with Crippen LogP contribution in [0.3, 0.4) is 0 Å². The predicted molar refractivity (Wildman–Crippen MR) is 157 cm³/mol. The van der Waals surface area contributed by atoms with Gasteiger partial charge in [0.25, 0.3) is 0 Å². The van der Waals surface area contributed by atoms with Crippen LogP contribution in [-0.2, 0) is 44.4 Å². The molecule has 2 saturated heterocycles. The number of ether oxygens (including phenoxy) is 6. The summed E-state index contributed by atoms with van der Waals surface area (Å²) < 4.78 is 34.4. The molecule has 10 atom stereocenters. The lowest BCUT2D eigenvalue weighted by molar-refractivity contribution is -0.358. The number of aliphatic hydroxyl groups is 4. The lowest BCUT2D eigenvalue weighted by atomic mass is 9.96. The minimum Gasteiger partial charge on any atom is -0.504 e. The van der Waals surface area contributed by atoms with Gasteiger partial charge in [0.1, 0.15) is 30.5 Å². The average molecular weight is 667 g/mol. The Bertz CT molecular complexity index is 1410. The molecule has 2 fully saturated rings. The molecule has 0 aromatic heterocycles. The molecular formula is C31H38O16. The fraction of sp³-hybridized carbons (Fsp3) is 0.484. The Balaban J connectivity index is 1.61. The third kappa shape index (κ3) is 8.88. The number of esters is 2. The van der Waals surface area contributed by atoms with E-state index in [4.69, 9.17) is 28.4 Å². The molecular weight excluding hydrogens is 628 g/mol. The van der Waals surface area contributed by atoms with Gasteiger partial charge >= 0.3 is 11.9 Å². The van der Waals surface area contributed by atoms with Gasteiger partial charge in [0.2, 0.25) is 0 Å². The van der Waals surface area contributed by atoms with E-state index in [1.165, 1.54) is 49.4 Å². The number of carbonyl (C=O) groups is 2. The first kappa shape index (κ1) is 35.8. The summed E-state index contributed by atoms with van der Waals surface area (Å²) >= 11 is 0. The van der Waals surface area contributed by atoms with Crippen molar-refractivity contribution >= 4 is 18.0 Å². The van der Waals surface area contributed by atoms with Gasteiger partial charge in [-0.1, -0.05) is 12.1 Å². The van der Waals surface area contributed by atoms with Crippen LogP contribution >= 0.6 is 0 Å². The summed E-state index contributed by atoms with van der Waals surface area (Å²) in [7, 11) is 0. The maximum atomic E-state index is 13.0. The molecule has 0 spiro atoms. The molecule has 0 saturated carbocycles. The van der Waals surface area contributed by atoms with E-state index in [0.717, 1.165) is 13.0 Å². The summed E-state index contributed by atoms with van der Waals surface area (Å²) in [6, 6.07) is 7.94. The van der Waals surface area contributed by atoms with Crippen LogP contribution in [0.1, 0.15) is 25.0 Å². The zero-order valence-electron chi connectivity index (χ0n) is 25.4. The summed E-state index contributed by atoms with van der Waals surface area (Å²) in [5.41, 5.74) is 0.879. The van der Waals surface area contributed by atoms with Gasteiger partial charge in [-0.25, -0.2) is 4.79 Å². The number of phenols is 4. The van der Waals surface area contributed by atoms with Gasteiger partial charge < -0.3 is 69.3 Å². The summed E-state index contributed by atoms with van der Waals surface area (Å²) in [5, 5.41) is 80.1. The van der Waals surface area contributed by atoms with E-state index in [1.807, 2.05) is 0 Å². The first-order valence-electron chi connectivity index (χ1n) is 14.6. The van der Waals surface area contributed by atoms with Crippen molar-refractivity contribution < 1.29 is 78.9 Å². The first-order chi connectivity index (χ1) is 22.3. The number of benzene rings is 2. The third-order valence-electron chi connectivity index (χ3n) is 7.55. The van der Waals surface area contributed by atoms with Gasteiger partial charge in [-0.3, -0.25) is 4.79 Å². The van der Waals surface area contributed by atoms with Crippen molar-refractivity contribution in [1.29, 1.82) is 0 Å². The number of aliphatic hydroxyl groups excluding tert-OH is 4. The molecule has 258 valence electrons. The van der Waals surface area contributed by atoms with Crippen molar-refractivity contribution in [2.45, 2.75) is 81.7 Å². The Kier molecular flexibility index (Phi) is 12.0. The van der Waals surface area contributed by atoms with Gasteiger partial charge in [0.05, 0.1) is 19.3 Å². The van der Waals surface area contributed by atoms with Crippen LogP contribution in [0.5, 0.6) is 23.0 Å². The average Bonchev–Trinajstić information content (AvgIpc) is 3.03. The predicted octanol–water partition coefficient (Wildman–Crippen LogP) is -0.445. The van der Waals surface area contributed by atoms with Crippen LogP contribution in [0.4, 0.5) is 0 Å². The summed E-state index contributed by atoms with van der Waals surface area (Å²) in [4.78, 5) is 25.3. The van der Waals surface area contributed by atoms with E-state index in [9.17, 15) is 50.4 Å². The van der Waals surface area contributed by atoms with Crippen molar-refractivity contribution in [3.05, 3.63) is 53.6 Å². The molecule has 8 N–H and O–H groups in total. The molecule has 16 heteroatoms. The van der Waals surface area contributed by atoms with Crippen molar-refractivity contribution in [2.24, 2.45) is 0 Å². The maximum absolute atomic E-state index is 13.0. The molecule has 16 nitrogen and oxygen atoms in total. The van der Waals surface area contributed by atoms with Crippen LogP contribution in [0.25, 0.3) is 6.08 Å². The zero-order valence-corrected chi connectivity index (χ0v) is 25.4. The van der Waals surface area contributed by atoms with Gasteiger partial charge in [0.15, 0.2) is 47.8 Å². The molecule has 0 amide bonds. The number of hydrogen-bond acceptors (Lipinski definition) is 16. The molecule has 0 unspecified atom stereocenters. The monoisotopic (exact) mass is 666 g/mol. The SMILES string of the molecule is CC(=O)O[C@H]1[C@H](OCCc2ccc(O)c(O)c2)O[C@H](CO)[C@H](OC(=O)/C=C/c2ccc(O)c(O)c2)[C@@H]1O[C@@H]1O[C@@H](C)[C@H](O)[C@@H](O)[C@H]1O. The highest BCUT2D eigenvalue weighted by molar-refractivity contribution is 5.87. The van der Waals surface area contributed by atoms with Gasteiger partial charge in [-0.05, 0) is 54.8 Å². The second kappa shape index (κ2) is 15.7. The van der Waals surface area contributed by atoms with E-state index in [2.05, 4.69) is 0 Å². The highest BCUT2D eigenvalue weighted by atomic mass is 16.8. The molecule has 2 aromatic rings. The minimum atomic E-state index is -1.81. The fourth-order valence-electron chi connectivity index (χ4n) is 5.05. The molecule has 0 radical (unpaired) electrons. The quantitative estimate of drug-likeness (QED) is 0.0859. The zero-order chi connectivity index (χ0) is 34.4. The highest BCUT2D eigenvalue weighted by Crippen LogP contribution is 2.33. The Morgan fingerprint density at radius 1 is 0.809 bits per heavy atom. The smallest absolute Gasteiger partial charge is 0.331 e. The van der Waals surface area contributed by atoms with Gasteiger partial charge in [-0.15, -0.1) is 0 Å². The summed E-state index contributed by atoms with van der Waals surface area (Å²) in [6.07, 6.45) is -12.7. The van der Waals surface area contributed by atoms with Crippen LogP contribution in [0.2, 0.25) is 0 Å². The normalized spacial score (nSPS) is 31.0. The second-order valence-corrected chi connectivity index (χ2v) is 11.0. The Morgan fingerprint density at radius 2 is 1.49 bits per heavy atom. The fourth-order valence-corrected chi connectivity index (χ4v) is 5.05. The largest absolute Gasteiger partial charge is 0.504 e. The lowest BCUT2D eigenvalue weighted by Crippen LogP contribution is -2.65. The number of rotatable bonds is 11. The van der Waals surface area contributed by atoms with E-state index in [0.29, 0.717) is 11.1 Å². The van der Waals surface area contributed by atoms with Crippen LogP contribution in [0, 0.1) is 0 Å². The van der Waals surface area contributed by atoms with E-state index < -0.39 is 85.7 Å². The van der Waals surface area contributed by atoms with Crippen molar-refractivity contribution in [2.75, 3.05) is 13.2 Å². The molecule has 2 aliphatic rings. The van der Waals surface area contributed by atoms with Gasteiger partial charge in [-0.2, -0.15) is 0 Å². The topological polar surface area (TPSA) is 251 Å². The standard InChI is InChI=1S/C31H38O16/c1-14-24(39)25(40)26(41)30(43-14)47-28-27(46-23(38)8-5-16-3-6-18(34)20(36)11-16)22(13-32)45-31(29(28)44-15(2)33)42-10-9-17-4-7-19(35)21(37)12-17/h3-8,11-12,14,22,24-32,34-37,39-41H,9-10,13H2,1-2H3/b8-5+/t14-,22+,24-,25+,26+,27-,28-,29+,30-,31+/m0/s1. The van der Waals surface area contributed by atoms with Crippen molar-refractivity contribution in [1.82, 2.24) is 0 Å². The minimum absolute atomic E-state index is 0.103. The summed E-state index contributed by atoms with van der Waals surface area (Å²) in [5.74, 6) is -3.31. The van der Waals surface area contributed by atoms with E-state index >= 15 is 0 Å². The molecule has 2 aliphatic heterocycles. The van der Waals surface area contributed by atoms with Gasteiger partial charge in [0, 0.05) is 13.0 Å². The van der Waals surface area contributed by atoms with E-state index in [-0.39, 0.29) is 30.3 Å². The van der Waals surface area contributed by atoms with Crippen molar-refractivity contribution in [3.63, 3.8) is 0 Å². The maximum Gasteiger partial charge on any atom is 0.331 e. The second-order valence-electron chi connectivity index (χ2n) is 11.0. The Morgan fingerprint density at radius 3 is 2.13 bits per heavy atom. The third-order valence-corrected chi connectivity index (χ3v) is 7.55. The molecule has 47 heavy (non-hydrogen) atoms. The highest BCUT2D eigenvalue weighted by Gasteiger charge is 2.54.